The van der Waals surface area contributed by atoms with Gasteiger partial charge in [0.05, 0.1) is 5.02 Å². The molecule has 0 aliphatic carbocycles. The number of hydrogen-bond donors (Lipinski definition) is 3. The van der Waals surface area contributed by atoms with Gasteiger partial charge >= 0.3 is 0 Å². The van der Waals surface area contributed by atoms with Crippen LogP contribution in [0.25, 0.3) is 0 Å². The number of aromatic nitrogens is 2. The van der Waals surface area contributed by atoms with Crippen LogP contribution in [0, 0.1) is 6.92 Å². The summed E-state index contributed by atoms with van der Waals surface area (Å²) in [6, 6.07) is 6.52. The molecule has 2 rings (SSSR count). The van der Waals surface area contributed by atoms with E-state index in [1.54, 1.807) is 37.4 Å². The largest absolute Gasteiger partial charge is 0.308 e. The van der Waals surface area contributed by atoms with Gasteiger partial charge in [0.15, 0.2) is 5.82 Å². The molecule has 0 unspecified atom stereocenters. The van der Waals surface area contributed by atoms with Crippen LogP contribution in [0.5, 0.6) is 0 Å². The zero-order valence-corrected chi connectivity index (χ0v) is 10.9. The molecular formula is C12H12ClN5O. The van der Waals surface area contributed by atoms with E-state index >= 15 is 0 Å². The molecule has 2 aromatic rings. The highest BCUT2D eigenvalue weighted by molar-refractivity contribution is 6.33. The Labute approximate surface area is 115 Å². The van der Waals surface area contributed by atoms with Crippen molar-refractivity contribution in [2.75, 3.05) is 10.7 Å². The number of carbonyl (C=O) groups excluding carboxylic acids is 1. The molecule has 0 saturated carbocycles. The molecule has 0 fully saturated rings. The van der Waals surface area contributed by atoms with Crippen molar-refractivity contribution in [1.29, 1.82) is 0 Å². The van der Waals surface area contributed by atoms with Crippen LogP contribution in [-0.4, -0.2) is 15.9 Å². The maximum atomic E-state index is 12.1. The summed E-state index contributed by atoms with van der Waals surface area (Å²) in [4.78, 5) is 20.2. The minimum absolute atomic E-state index is 0.311. The number of nitrogens with one attached hydrogen (secondary N) is 2. The van der Waals surface area contributed by atoms with Crippen molar-refractivity contribution in [2.45, 2.75) is 6.92 Å². The molecule has 0 aliphatic heterocycles. The Morgan fingerprint density at radius 3 is 2.89 bits per heavy atom. The van der Waals surface area contributed by atoms with Gasteiger partial charge in [0.1, 0.15) is 5.82 Å². The van der Waals surface area contributed by atoms with Crippen LogP contribution >= 0.6 is 11.6 Å². The van der Waals surface area contributed by atoms with Gasteiger partial charge in [-0.2, -0.15) is 0 Å². The van der Waals surface area contributed by atoms with Gasteiger partial charge < -0.3 is 10.7 Å². The second kappa shape index (κ2) is 5.64. The molecule has 2 heterocycles. The molecule has 0 aliphatic rings. The average Bonchev–Trinajstić information content (AvgIpc) is 2.40. The van der Waals surface area contributed by atoms with Crippen molar-refractivity contribution in [1.82, 2.24) is 9.97 Å². The second-order valence-corrected chi connectivity index (χ2v) is 4.22. The quantitative estimate of drug-likeness (QED) is 0.589. The van der Waals surface area contributed by atoms with Crippen molar-refractivity contribution in [3.63, 3.8) is 0 Å². The summed E-state index contributed by atoms with van der Waals surface area (Å²) in [5.74, 6) is 5.68. The van der Waals surface area contributed by atoms with Crippen LogP contribution < -0.4 is 16.6 Å². The smallest absolute Gasteiger partial charge is 0.257 e. The number of amides is 1. The first kappa shape index (κ1) is 13.3. The Morgan fingerprint density at radius 2 is 2.21 bits per heavy atom. The van der Waals surface area contributed by atoms with E-state index in [9.17, 15) is 4.79 Å². The number of rotatable bonds is 3. The maximum Gasteiger partial charge on any atom is 0.257 e. The number of anilines is 2. The van der Waals surface area contributed by atoms with E-state index in [1.165, 1.54) is 0 Å². The number of aryl methyl sites for hydroxylation is 1. The van der Waals surface area contributed by atoms with Gasteiger partial charge in [-0.3, -0.25) is 4.79 Å². The first-order chi connectivity index (χ1) is 9.10. The average molecular weight is 278 g/mol. The summed E-state index contributed by atoms with van der Waals surface area (Å²) in [7, 11) is 0. The summed E-state index contributed by atoms with van der Waals surface area (Å²) in [5, 5.41) is 3.00. The topological polar surface area (TPSA) is 92.9 Å². The van der Waals surface area contributed by atoms with Crippen LogP contribution in [0.4, 0.5) is 11.6 Å². The Balaban J connectivity index is 2.25. The first-order valence-corrected chi connectivity index (χ1v) is 5.85. The Morgan fingerprint density at radius 1 is 1.42 bits per heavy atom. The molecular weight excluding hydrogens is 266 g/mol. The molecule has 98 valence electrons. The number of pyridine rings is 2. The molecule has 4 N–H and O–H groups in total. The lowest BCUT2D eigenvalue weighted by Gasteiger charge is -2.08. The van der Waals surface area contributed by atoms with Crippen molar-refractivity contribution < 1.29 is 4.79 Å². The molecule has 19 heavy (non-hydrogen) atoms. The lowest BCUT2D eigenvalue weighted by atomic mass is 10.2. The Kier molecular flexibility index (Phi) is 3.94. The van der Waals surface area contributed by atoms with Crippen molar-refractivity contribution in [3.05, 3.63) is 46.7 Å². The van der Waals surface area contributed by atoms with Gasteiger partial charge in [0.25, 0.3) is 5.91 Å². The van der Waals surface area contributed by atoms with Crippen LogP contribution in [0.15, 0.2) is 30.5 Å². The molecule has 2 aromatic heterocycles. The lowest BCUT2D eigenvalue weighted by molar-refractivity contribution is 0.102. The summed E-state index contributed by atoms with van der Waals surface area (Å²) in [6.45, 7) is 1.77. The minimum Gasteiger partial charge on any atom is -0.308 e. The highest BCUT2D eigenvalue weighted by Crippen LogP contribution is 2.19. The molecule has 1 amide bonds. The number of nitrogens with two attached hydrogens (primary N) is 1. The van der Waals surface area contributed by atoms with Crippen LogP contribution in [0.1, 0.15) is 16.1 Å². The molecule has 0 aromatic carbocycles. The van der Waals surface area contributed by atoms with E-state index in [-0.39, 0.29) is 5.91 Å². The fourth-order valence-corrected chi connectivity index (χ4v) is 1.70. The Bertz CT molecular complexity index is 617. The third-order valence-electron chi connectivity index (χ3n) is 2.35. The fraction of sp³-hybridized carbons (Fsp3) is 0.0833. The van der Waals surface area contributed by atoms with E-state index < -0.39 is 0 Å². The summed E-state index contributed by atoms with van der Waals surface area (Å²) in [6.07, 6.45) is 1.55. The van der Waals surface area contributed by atoms with E-state index in [2.05, 4.69) is 20.7 Å². The normalized spacial score (nSPS) is 10.1. The number of nitrogen functional groups attached to an aromatic ring is 1. The molecule has 0 atom stereocenters. The van der Waals surface area contributed by atoms with Gasteiger partial charge in [0, 0.05) is 17.5 Å². The number of halogens is 1. The zero-order valence-electron chi connectivity index (χ0n) is 10.1. The second-order valence-electron chi connectivity index (χ2n) is 3.81. The summed E-state index contributed by atoms with van der Waals surface area (Å²) < 4.78 is 0. The van der Waals surface area contributed by atoms with Crippen LogP contribution in [-0.2, 0) is 0 Å². The molecule has 7 heteroatoms. The summed E-state index contributed by atoms with van der Waals surface area (Å²) >= 11 is 5.92. The van der Waals surface area contributed by atoms with Gasteiger partial charge in [0.2, 0.25) is 0 Å². The van der Waals surface area contributed by atoms with Gasteiger partial charge in [-0.05, 0) is 31.2 Å². The first-order valence-electron chi connectivity index (χ1n) is 5.47. The predicted octanol–water partition coefficient (Wildman–Crippen LogP) is 1.98. The number of nitrogens with zero attached hydrogens (tertiary/aromatic N) is 2. The fourth-order valence-electron chi connectivity index (χ4n) is 1.53. The number of hydrogen-bond acceptors (Lipinski definition) is 5. The molecule has 0 saturated heterocycles. The van der Waals surface area contributed by atoms with Crippen LogP contribution in [0.3, 0.4) is 0 Å². The summed E-state index contributed by atoms with van der Waals surface area (Å²) in [5.41, 5.74) is 3.50. The van der Waals surface area contributed by atoms with E-state index in [0.717, 1.165) is 0 Å². The highest BCUT2D eigenvalue weighted by atomic mass is 35.5. The molecule has 0 radical (unpaired) electrons. The molecule has 6 nitrogen and oxygen atoms in total. The monoisotopic (exact) mass is 277 g/mol. The van der Waals surface area contributed by atoms with E-state index in [0.29, 0.717) is 27.9 Å². The van der Waals surface area contributed by atoms with Crippen molar-refractivity contribution in [3.8, 4) is 0 Å². The van der Waals surface area contributed by atoms with E-state index in [1.807, 2.05) is 0 Å². The van der Waals surface area contributed by atoms with E-state index in [4.69, 9.17) is 17.4 Å². The van der Waals surface area contributed by atoms with Crippen molar-refractivity contribution >= 4 is 29.1 Å². The minimum atomic E-state index is -0.331. The third-order valence-corrected chi connectivity index (χ3v) is 2.66. The number of hydrazine groups is 1. The third kappa shape index (κ3) is 3.18. The van der Waals surface area contributed by atoms with Gasteiger partial charge in [-0.1, -0.05) is 11.6 Å². The lowest BCUT2D eigenvalue weighted by Crippen LogP contribution is -2.16. The SMILES string of the molecule is Cc1cc(C(=O)Nc2ncccc2Cl)cc(NN)n1. The standard InChI is InChI=1S/C12H12ClN5O/c1-7-5-8(6-10(16-7)18-14)12(19)17-11-9(13)3-2-4-15-11/h2-6H,14H2,1H3,(H,16,18)(H,15,17,19). The molecule has 0 spiro atoms. The maximum absolute atomic E-state index is 12.1. The van der Waals surface area contributed by atoms with Crippen molar-refractivity contribution in [2.24, 2.45) is 5.84 Å². The highest BCUT2D eigenvalue weighted by Gasteiger charge is 2.11. The predicted molar refractivity (Wildman–Crippen MR) is 74.0 cm³/mol. The van der Waals surface area contributed by atoms with Gasteiger partial charge in [-0.25, -0.2) is 15.8 Å². The van der Waals surface area contributed by atoms with Gasteiger partial charge in [-0.15, -0.1) is 0 Å². The molecule has 0 bridgehead atoms. The zero-order chi connectivity index (χ0) is 13.8. The van der Waals surface area contributed by atoms with Crippen LogP contribution in [0.2, 0.25) is 5.02 Å². The number of carbonyl (C=O) groups is 1. The Hall–Kier alpha value is -2.18.